The minimum Gasteiger partial charge on any atom is -0.497 e. The Balaban J connectivity index is 1.06. The zero-order valence-electron chi connectivity index (χ0n) is 28.0. The van der Waals surface area contributed by atoms with E-state index in [0.717, 1.165) is 94.2 Å². The largest absolute Gasteiger partial charge is 0.497 e. The number of rotatable bonds is 10. The number of anilines is 1. The molecule has 1 aliphatic heterocycles. The summed E-state index contributed by atoms with van der Waals surface area (Å²) < 4.78 is 5.33. The predicted octanol–water partition coefficient (Wildman–Crippen LogP) is 8.25. The number of carbonyl (C=O) groups excluding carboxylic acids is 1. The van der Waals surface area contributed by atoms with Gasteiger partial charge in [-0.3, -0.25) is 9.69 Å². The van der Waals surface area contributed by atoms with Crippen molar-refractivity contribution >= 4 is 34.2 Å². The van der Waals surface area contributed by atoms with Gasteiger partial charge in [-0.05, 0) is 97.4 Å². The average Bonchev–Trinajstić information content (AvgIpc) is 3.40. The Morgan fingerprint density at radius 1 is 0.854 bits per heavy atom. The van der Waals surface area contributed by atoms with E-state index in [0.29, 0.717) is 18.6 Å². The Kier molecular flexibility index (Phi) is 9.13. The maximum Gasteiger partial charge on any atom is 0.235 e. The van der Waals surface area contributed by atoms with Gasteiger partial charge < -0.3 is 15.0 Å². The molecule has 2 heterocycles. The molecule has 1 aromatic heterocycles. The zero-order valence-corrected chi connectivity index (χ0v) is 28.7. The van der Waals surface area contributed by atoms with Crippen LogP contribution in [0.15, 0.2) is 103 Å². The van der Waals surface area contributed by atoms with Gasteiger partial charge in [-0.25, -0.2) is 4.98 Å². The molecule has 2 aliphatic rings. The van der Waals surface area contributed by atoms with Crippen LogP contribution in [0.4, 0.5) is 5.82 Å². The Morgan fingerprint density at radius 3 is 2.19 bits per heavy atom. The van der Waals surface area contributed by atoms with Crippen LogP contribution in [0.25, 0.3) is 22.0 Å². The van der Waals surface area contributed by atoms with Crippen molar-refractivity contribution in [2.45, 2.75) is 57.2 Å². The molecule has 5 aromatic rings. The lowest BCUT2D eigenvalue weighted by Crippen LogP contribution is -2.57. The van der Waals surface area contributed by atoms with Gasteiger partial charge in [0, 0.05) is 42.1 Å². The first-order chi connectivity index (χ1) is 23.4. The van der Waals surface area contributed by atoms with Gasteiger partial charge in [-0.15, -0.1) is 0 Å². The molecule has 7 heteroatoms. The topological polar surface area (TPSA) is 57.7 Å². The fourth-order valence-electron chi connectivity index (χ4n) is 7.98. The number of aromatic nitrogens is 1. The highest BCUT2D eigenvalue weighted by Gasteiger charge is 2.48. The van der Waals surface area contributed by atoms with E-state index in [1.165, 1.54) is 0 Å². The third-order valence-electron chi connectivity index (χ3n) is 10.4. The van der Waals surface area contributed by atoms with Crippen molar-refractivity contribution < 1.29 is 9.53 Å². The van der Waals surface area contributed by atoms with Gasteiger partial charge in [0.05, 0.1) is 12.6 Å². The molecule has 0 saturated carbocycles. The first-order valence-electron chi connectivity index (χ1n) is 17.1. The normalized spacial score (nSPS) is 18.4. The summed E-state index contributed by atoms with van der Waals surface area (Å²) in [5, 5.41) is 5.05. The molecule has 6 nitrogen and oxygen atoms in total. The number of hydrogen-bond donors (Lipinski definition) is 1. The molecule has 0 spiro atoms. The number of nitrogens with zero attached hydrogens (tertiary/aromatic N) is 3. The molecule has 0 bridgehead atoms. The van der Waals surface area contributed by atoms with E-state index in [1.807, 2.05) is 42.5 Å². The number of unbranched alkanes of at least 4 members (excludes halogenated alkanes) is 1. The van der Waals surface area contributed by atoms with Crippen molar-refractivity contribution in [3.63, 3.8) is 0 Å². The average molecular weight is 659 g/mol. The molecule has 1 aliphatic carbocycles. The van der Waals surface area contributed by atoms with E-state index in [-0.39, 0.29) is 5.91 Å². The molecule has 0 unspecified atom stereocenters. The second-order valence-corrected chi connectivity index (χ2v) is 13.7. The SMILES string of the molecule is COc1ccc(CNC(=O)C2(CCCCN3[C@H](C)CN(c4ccc5c(Cl)cccc5n4)C[C@@H]3C)c3ccccc3-c3ccccc32)cc1. The Hall–Kier alpha value is -4.39. The lowest BCUT2D eigenvalue weighted by atomic mass is 9.73. The smallest absolute Gasteiger partial charge is 0.235 e. The number of hydrogen-bond acceptors (Lipinski definition) is 5. The number of benzene rings is 4. The number of nitrogens with one attached hydrogen (secondary N) is 1. The summed E-state index contributed by atoms with van der Waals surface area (Å²) in [5.41, 5.74) is 5.78. The maximum absolute atomic E-state index is 14.5. The highest BCUT2D eigenvalue weighted by Crippen LogP contribution is 2.51. The van der Waals surface area contributed by atoms with Crippen molar-refractivity contribution in [3.8, 4) is 16.9 Å². The standard InChI is InChI=1S/C41H43ClN4O2/c1-28-26-45(39-22-21-34-37(42)15-10-16-38(34)44-39)27-29(2)46(28)24-9-8-23-41(40(47)43-25-30-17-19-31(48-3)20-18-30)35-13-6-4-11-32(35)33-12-5-7-14-36(33)41/h4-7,10-22,28-29H,8-9,23-27H2,1-3H3,(H,43,47)/t28-,29+. The summed E-state index contributed by atoms with van der Waals surface area (Å²) in [6, 6.07) is 35.6. The third-order valence-corrected chi connectivity index (χ3v) is 10.7. The van der Waals surface area contributed by atoms with Crippen molar-refractivity contribution in [1.29, 1.82) is 0 Å². The van der Waals surface area contributed by atoms with Crippen molar-refractivity contribution in [2.24, 2.45) is 0 Å². The quantitative estimate of drug-likeness (QED) is 0.153. The molecular weight excluding hydrogens is 616 g/mol. The summed E-state index contributed by atoms with van der Waals surface area (Å²) in [4.78, 5) is 24.5. The van der Waals surface area contributed by atoms with E-state index in [4.69, 9.17) is 21.3 Å². The van der Waals surface area contributed by atoms with Crippen LogP contribution >= 0.6 is 11.6 Å². The molecule has 1 fully saturated rings. The van der Waals surface area contributed by atoms with Gasteiger partial charge in [0.2, 0.25) is 5.91 Å². The summed E-state index contributed by atoms with van der Waals surface area (Å²) in [5.74, 6) is 1.88. The second-order valence-electron chi connectivity index (χ2n) is 13.3. The number of carbonyl (C=O) groups is 1. The van der Waals surface area contributed by atoms with Gasteiger partial charge in [-0.1, -0.05) is 84.8 Å². The summed E-state index contributed by atoms with van der Waals surface area (Å²) in [6.07, 6.45) is 2.70. The van der Waals surface area contributed by atoms with E-state index in [2.05, 4.69) is 89.6 Å². The molecule has 1 N–H and O–H groups in total. The predicted molar refractivity (Wildman–Crippen MR) is 196 cm³/mol. The van der Waals surface area contributed by atoms with E-state index in [1.54, 1.807) is 7.11 Å². The lowest BCUT2D eigenvalue weighted by Gasteiger charge is -2.45. The fourth-order valence-corrected chi connectivity index (χ4v) is 8.21. The lowest BCUT2D eigenvalue weighted by molar-refractivity contribution is -0.125. The summed E-state index contributed by atoms with van der Waals surface area (Å²) >= 11 is 6.40. The Labute approximate surface area is 288 Å². The molecular formula is C41H43ClN4O2. The van der Waals surface area contributed by atoms with Crippen LogP contribution in [0.2, 0.25) is 5.02 Å². The van der Waals surface area contributed by atoms with Crippen LogP contribution in [-0.2, 0) is 16.8 Å². The first kappa shape index (κ1) is 32.2. The summed E-state index contributed by atoms with van der Waals surface area (Å²) in [6.45, 7) is 7.93. The molecule has 0 radical (unpaired) electrons. The Morgan fingerprint density at radius 2 is 1.52 bits per heavy atom. The van der Waals surface area contributed by atoms with Crippen molar-refractivity contribution in [2.75, 3.05) is 31.6 Å². The van der Waals surface area contributed by atoms with Crippen LogP contribution in [0.1, 0.15) is 49.8 Å². The number of halogens is 1. The zero-order chi connectivity index (χ0) is 33.3. The highest BCUT2D eigenvalue weighted by atomic mass is 35.5. The summed E-state index contributed by atoms with van der Waals surface area (Å²) in [7, 11) is 1.66. The van der Waals surface area contributed by atoms with Crippen molar-refractivity contribution in [3.05, 3.63) is 125 Å². The second kappa shape index (κ2) is 13.6. The number of methoxy groups -OCH3 is 1. The minimum atomic E-state index is -0.736. The van der Waals surface area contributed by atoms with Gasteiger partial charge in [0.15, 0.2) is 0 Å². The Bertz CT molecular complexity index is 1870. The molecule has 2 atom stereocenters. The number of fused-ring (bicyclic) bond motifs is 4. The monoisotopic (exact) mass is 658 g/mol. The molecule has 1 amide bonds. The molecule has 48 heavy (non-hydrogen) atoms. The highest BCUT2D eigenvalue weighted by molar-refractivity contribution is 6.35. The van der Waals surface area contributed by atoms with Crippen LogP contribution in [0.5, 0.6) is 5.75 Å². The van der Waals surface area contributed by atoms with Gasteiger partial charge in [0.1, 0.15) is 17.0 Å². The van der Waals surface area contributed by atoms with Gasteiger partial charge >= 0.3 is 0 Å². The number of amides is 1. The molecule has 4 aromatic carbocycles. The van der Waals surface area contributed by atoms with E-state index >= 15 is 0 Å². The number of ether oxygens (including phenoxy) is 1. The number of pyridine rings is 1. The van der Waals surface area contributed by atoms with Gasteiger partial charge in [0.25, 0.3) is 0 Å². The number of piperazine rings is 1. The van der Waals surface area contributed by atoms with E-state index < -0.39 is 5.41 Å². The van der Waals surface area contributed by atoms with Crippen LogP contribution in [-0.4, -0.2) is 54.6 Å². The van der Waals surface area contributed by atoms with Gasteiger partial charge in [-0.2, -0.15) is 0 Å². The van der Waals surface area contributed by atoms with Crippen LogP contribution in [0, 0.1) is 0 Å². The molecule has 246 valence electrons. The third kappa shape index (κ3) is 5.93. The van der Waals surface area contributed by atoms with Crippen LogP contribution in [0.3, 0.4) is 0 Å². The molecule has 7 rings (SSSR count). The van der Waals surface area contributed by atoms with Crippen molar-refractivity contribution in [1.82, 2.24) is 15.2 Å². The van der Waals surface area contributed by atoms with Crippen LogP contribution < -0.4 is 15.0 Å². The minimum absolute atomic E-state index is 0.0650. The molecule has 1 saturated heterocycles. The first-order valence-corrected chi connectivity index (χ1v) is 17.4. The van der Waals surface area contributed by atoms with E-state index in [9.17, 15) is 4.79 Å². The fraction of sp³-hybridized carbons (Fsp3) is 0.317. The maximum atomic E-state index is 14.5.